The number of carbonyl (C=O) groups excluding carboxylic acids is 1. The van der Waals surface area contributed by atoms with Crippen molar-refractivity contribution in [3.63, 3.8) is 0 Å². The summed E-state index contributed by atoms with van der Waals surface area (Å²) in [6, 6.07) is 5.86. The molecular formula is C22H30N6OS. The fourth-order valence-electron chi connectivity index (χ4n) is 3.21. The van der Waals surface area contributed by atoms with Gasteiger partial charge in [-0.3, -0.25) is 4.79 Å². The van der Waals surface area contributed by atoms with Gasteiger partial charge in [-0.2, -0.15) is 5.10 Å². The van der Waals surface area contributed by atoms with Crippen molar-refractivity contribution in [3.05, 3.63) is 41.1 Å². The van der Waals surface area contributed by atoms with Gasteiger partial charge in [0, 0.05) is 18.7 Å². The number of nitrogens with one attached hydrogen (secondary N) is 2. The minimum absolute atomic E-state index is 0.0746. The number of amides is 1. The van der Waals surface area contributed by atoms with Crippen LogP contribution in [0.3, 0.4) is 0 Å². The highest BCUT2D eigenvalue weighted by Gasteiger charge is 2.14. The van der Waals surface area contributed by atoms with E-state index in [4.69, 9.17) is 4.98 Å². The van der Waals surface area contributed by atoms with Crippen molar-refractivity contribution >= 4 is 34.5 Å². The van der Waals surface area contributed by atoms with Crippen LogP contribution in [-0.2, 0) is 6.54 Å². The third-order valence-corrected chi connectivity index (χ3v) is 5.25. The molecular weight excluding hydrogens is 396 g/mol. The van der Waals surface area contributed by atoms with Crippen LogP contribution in [0.25, 0.3) is 11.0 Å². The monoisotopic (exact) mass is 426 g/mol. The van der Waals surface area contributed by atoms with Crippen LogP contribution in [0.1, 0.15) is 42.3 Å². The lowest BCUT2D eigenvalue weighted by Gasteiger charge is -2.11. The molecule has 8 heteroatoms. The van der Waals surface area contributed by atoms with Crippen molar-refractivity contribution in [2.24, 2.45) is 5.92 Å². The van der Waals surface area contributed by atoms with Crippen LogP contribution in [0.5, 0.6) is 0 Å². The first-order valence-electron chi connectivity index (χ1n) is 10.3. The predicted molar refractivity (Wildman–Crippen MR) is 123 cm³/mol. The molecule has 160 valence electrons. The molecule has 1 amide bonds. The van der Waals surface area contributed by atoms with Crippen molar-refractivity contribution in [1.29, 1.82) is 0 Å². The topological polar surface area (TPSA) is 84.7 Å². The van der Waals surface area contributed by atoms with E-state index in [0.717, 1.165) is 45.4 Å². The van der Waals surface area contributed by atoms with Gasteiger partial charge in [0.05, 0.1) is 18.1 Å². The molecule has 2 heterocycles. The lowest BCUT2D eigenvalue weighted by atomic mass is 10.1. The summed E-state index contributed by atoms with van der Waals surface area (Å²) < 4.78 is 1.83. The molecule has 30 heavy (non-hydrogen) atoms. The molecule has 0 aliphatic heterocycles. The molecule has 0 aliphatic carbocycles. The number of anilines is 1. The zero-order valence-electron chi connectivity index (χ0n) is 18.3. The molecule has 3 aromatic rings. The number of rotatable bonds is 9. The molecule has 0 bridgehead atoms. The van der Waals surface area contributed by atoms with Crippen LogP contribution in [0.15, 0.2) is 29.6 Å². The molecule has 1 aromatic carbocycles. The van der Waals surface area contributed by atoms with Gasteiger partial charge in [0.25, 0.3) is 5.91 Å². The van der Waals surface area contributed by atoms with Crippen LogP contribution in [-0.4, -0.2) is 44.5 Å². The van der Waals surface area contributed by atoms with Crippen molar-refractivity contribution in [3.8, 4) is 0 Å². The van der Waals surface area contributed by atoms with Crippen molar-refractivity contribution in [2.45, 2.75) is 46.3 Å². The van der Waals surface area contributed by atoms with Crippen molar-refractivity contribution < 1.29 is 4.79 Å². The summed E-state index contributed by atoms with van der Waals surface area (Å²) >= 11 is 1.61. The molecule has 0 unspecified atom stereocenters. The molecule has 3 rings (SSSR count). The lowest BCUT2D eigenvalue weighted by molar-refractivity contribution is 0.0952. The number of carbonyl (C=O) groups is 1. The van der Waals surface area contributed by atoms with Crippen molar-refractivity contribution in [2.75, 3.05) is 24.2 Å². The average molecular weight is 427 g/mol. The Hall–Kier alpha value is -2.61. The minimum Gasteiger partial charge on any atom is -0.369 e. The highest BCUT2D eigenvalue weighted by molar-refractivity contribution is 7.99. The Morgan fingerprint density at radius 3 is 2.57 bits per heavy atom. The number of benzene rings is 1. The first kappa shape index (κ1) is 22.1. The quantitative estimate of drug-likeness (QED) is 0.397. The lowest BCUT2D eigenvalue weighted by Crippen LogP contribution is -2.27. The fraction of sp³-hybridized carbons (Fsp3) is 0.455. The molecule has 0 saturated carbocycles. The Bertz CT molecular complexity index is 1010. The molecule has 0 spiro atoms. The molecule has 0 atom stereocenters. The van der Waals surface area contributed by atoms with Gasteiger partial charge < -0.3 is 10.6 Å². The summed E-state index contributed by atoms with van der Waals surface area (Å²) in [5, 5.41) is 12.5. The van der Waals surface area contributed by atoms with Crippen LogP contribution >= 0.6 is 11.8 Å². The van der Waals surface area contributed by atoms with E-state index in [1.54, 1.807) is 18.0 Å². The molecule has 0 radical (unpaired) electrons. The Balaban J connectivity index is 1.74. The summed E-state index contributed by atoms with van der Waals surface area (Å²) in [6.45, 7) is 12.2. The van der Waals surface area contributed by atoms with E-state index in [2.05, 4.69) is 47.6 Å². The molecule has 7 nitrogen and oxygen atoms in total. The van der Waals surface area contributed by atoms with Gasteiger partial charge >= 0.3 is 0 Å². The zero-order valence-corrected chi connectivity index (χ0v) is 19.1. The van der Waals surface area contributed by atoms with E-state index in [0.29, 0.717) is 24.6 Å². The van der Waals surface area contributed by atoms with E-state index in [9.17, 15) is 4.79 Å². The highest BCUT2D eigenvalue weighted by Crippen LogP contribution is 2.24. The number of thioether (sulfide) groups is 1. The third kappa shape index (κ3) is 5.50. The summed E-state index contributed by atoms with van der Waals surface area (Å²) in [5.74, 6) is 2.15. The number of aromatic nitrogens is 4. The number of hydrogen-bond acceptors (Lipinski definition) is 6. The molecule has 0 saturated heterocycles. The Morgan fingerprint density at radius 1 is 1.17 bits per heavy atom. The fourth-order valence-corrected chi connectivity index (χ4v) is 3.78. The average Bonchev–Trinajstić information content (AvgIpc) is 3.08. The maximum Gasteiger partial charge on any atom is 0.251 e. The summed E-state index contributed by atoms with van der Waals surface area (Å²) in [7, 11) is 0. The van der Waals surface area contributed by atoms with Crippen LogP contribution in [0, 0.1) is 19.8 Å². The largest absolute Gasteiger partial charge is 0.369 e. The summed E-state index contributed by atoms with van der Waals surface area (Å²) in [5.41, 5.74) is 3.63. The molecule has 0 fully saturated rings. The van der Waals surface area contributed by atoms with Gasteiger partial charge in [0.15, 0.2) is 10.8 Å². The Kier molecular flexibility index (Phi) is 7.31. The maximum atomic E-state index is 12.5. The van der Waals surface area contributed by atoms with E-state index in [-0.39, 0.29) is 5.91 Å². The minimum atomic E-state index is -0.0746. The Labute approximate surface area is 182 Å². The smallest absolute Gasteiger partial charge is 0.251 e. The van der Waals surface area contributed by atoms with Gasteiger partial charge in [-0.25, -0.2) is 14.6 Å². The second kappa shape index (κ2) is 9.93. The first-order chi connectivity index (χ1) is 14.4. The molecule has 2 aromatic heterocycles. The SMILES string of the molecule is CCSc1nc(NCC(C)C)c2cnn(CCNC(=O)c3cc(C)cc(C)c3)c2n1. The third-order valence-electron chi connectivity index (χ3n) is 4.52. The van der Waals surface area contributed by atoms with Crippen LogP contribution in [0.4, 0.5) is 5.82 Å². The second-order valence-electron chi connectivity index (χ2n) is 7.80. The van der Waals surface area contributed by atoms with Gasteiger partial charge in [-0.15, -0.1) is 0 Å². The van der Waals surface area contributed by atoms with E-state index < -0.39 is 0 Å². The first-order valence-corrected chi connectivity index (χ1v) is 11.3. The molecule has 2 N–H and O–H groups in total. The number of fused-ring (bicyclic) bond motifs is 1. The number of aryl methyl sites for hydroxylation is 2. The number of hydrogen-bond donors (Lipinski definition) is 2. The van der Waals surface area contributed by atoms with Gasteiger partial charge in [-0.05, 0) is 37.7 Å². The highest BCUT2D eigenvalue weighted by atomic mass is 32.2. The summed E-state index contributed by atoms with van der Waals surface area (Å²) in [6.07, 6.45) is 1.80. The standard InChI is InChI=1S/C22H30N6OS/c1-6-30-22-26-19(24-12-14(2)3)18-13-25-28(20(18)27-22)8-7-23-21(29)17-10-15(4)9-16(5)11-17/h9-11,13-14H,6-8,12H2,1-5H3,(H,23,29)(H,24,26,27). The Morgan fingerprint density at radius 2 is 1.90 bits per heavy atom. The van der Waals surface area contributed by atoms with Gasteiger partial charge in [-0.1, -0.05) is 49.7 Å². The van der Waals surface area contributed by atoms with Gasteiger partial charge in [0.2, 0.25) is 0 Å². The normalized spacial score (nSPS) is 11.3. The van der Waals surface area contributed by atoms with Gasteiger partial charge in [0.1, 0.15) is 5.82 Å². The van der Waals surface area contributed by atoms with E-state index in [1.165, 1.54) is 0 Å². The maximum absolute atomic E-state index is 12.5. The van der Waals surface area contributed by atoms with E-state index >= 15 is 0 Å². The zero-order chi connectivity index (χ0) is 21.7. The second-order valence-corrected chi connectivity index (χ2v) is 9.03. The van der Waals surface area contributed by atoms with Crippen molar-refractivity contribution in [1.82, 2.24) is 25.1 Å². The van der Waals surface area contributed by atoms with E-state index in [1.807, 2.05) is 30.7 Å². The molecule has 0 aliphatic rings. The number of nitrogens with zero attached hydrogens (tertiary/aromatic N) is 4. The predicted octanol–water partition coefficient (Wildman–Crippen LogP) is 4.05. The van der Waals surface area contributed by atoms with Crippen LogP contribution in [0.2, 0.25) is 0 Å². The summed E-state index contributed by atoms with van der Waals surface area (Å²) in [4.78, 5) is 21.9. The van der Waals surface area contributed by atoms with Crippen LogP contribution < -0.4 is 10.6 Å².